The van der Waals surface area contributed by atoms with Crippen LogP contribution in [0.3, 0.4) is 0 Å². The predicted molar refractivity (Wildman–Crippen MR) is 92.3 cm³/mol. The van der Waals surface area contributed by atoms with Gasteiger partial charge >= 0.3 is 5.97 Å². The first-order chi connectivity index (χ1) is 12.1. The van der Waals surface area contributed by atoms with Crippen molar-refractivity contribution in [1.29, 1.82) is 0 Å². The maximum Gasteiger partial charge on any atom is 0.338 e. The van der Waals surface area contributed by atoms with Crippen molar-refractivity contribution in [3.63, 3.8) is 0 Å². The molecule has 0 unspecified atom stereocenters. The van der Waals surface area contributed by atoms with Crippen LogP contribution in [0.2, 0.25) is 0 Å². The summed E-state index contributed by atoms with van der Waals surface area (Å²) in [6, 6.07) is 16.8. The largest absolute Gasteiger partial charge is 0.460 e. The zero-order chi connectivity index (χ0) is 17.4. The van der Waals surface area contributed by atoms with Gasteiger partial charge in [0.25, 0.3) is 0 Å². The Morgan fingerprint density at radius 2 is 1.72 bits per heavy atom. The molecule has 0 N–H and O–H groups in total. The highest BCUT2D eigenvalue weighted by atomic mass is 16.5. The molecule has 2 aliphatic rings. The van der Waals surface area contributed by atoms with E-state index >= 15 is 0 Å². The van der Waals surface area contributed by atoms with E-state index in [0.717, 1.165) is 11.1 Å². The molecule has 1 heterocycles. The molecular weight excluding hydrogens is 316 g/mol. The molecule has 0 amide bonds. The molecule has 4 heteroatoms. The van der Waals surface area contributed by atoms with Crippen molar-refractivity contribution in [2.75, 3.05) is 0 Å². The first-order valence-corrected chi connectivity index (χ1v) is 8.11. The molecule has 2 aromatic carbocycles. The van der Waals surface area contributed by atoms with Gasteiger partial charge in [-0.05, 0) is 12.5 Å². The molecular formula is C21H16O4. The van der Waals surface area contributed by atoms with E-state index in [1.807, 2.05) is 48.5 Å². The van der Waals surface area contributed by atoms with E-state index in [9.17, 15) is 9.59 Å². The standard InChI is InChI=1S/C21H16O4/c1-13-17(21(23)24-12-14-7-3-2-4-8-14)11-18-19(22)15-9-5-6-10-16(15)20(18)25-13/h2-10H,11-12H2,1H3. The van der Waals surface area contributed by atoms with E-state index in [-0.39, 0.29) is 18.8 Å². The molecule has 0 atom stereocenters. The summed E-state index contributed by atoms with van der Waals surface area (Å²) in [6.45, 7) is 1.92. The summed E-state index contributed by atoms with van der Waals surface area (Å²) in [5, 5.41) is 0. The number of esters is 1. The van der Waals surface area contributed by atoms with E-state index in [0.29, 0.717) is 28.2 Å². The van der Waals surface area contributed by atoms with E-state index in [1.54, 1.807) is 13.0 Å². The minimum atomic E-state index is -0.448. The number of ether oxygens (including phenoxy) is 2. The molecule has 4 nitrogen and oxygen atoms in total. The van der Waals surface area contributed by atoms with E-state index < -0.39 is 5.97 Å². The topological polar surface area (TPSA) is 52.6 Å². The molecule has 124 valence electrons. The van der Waals surface area contributed by atoms with Gasteiger partial charge in [-0.1, -0.05) is 54.6 Å². The number of fused-ring (bicyclic) bond motifs is 2. The van der Waals surface area contributed by atoms with Crippen molar-refractivity contribution < 1.29 is 19.1 Å². The van der Waals surface area contributed by atoms with Gasteiger partial charge in [0.1, 0.15) is 18.1 Å². The summed E-state index contributed by atoms with van der Waals surface area (Å²) in [4.78, 5) is 25.0. The summed E-state index contributed by atoms with van der Waals surface area (Å²) in [5.41, 5.74) is 3.25. The highest BCUT2D eigenvalue weighted by molar-refractivity contribution is 6.20. The molecule has 1 aliphatic carbocycles. The molecule has 4 rings (SSSR count). The molecule has 1 aliphatic heterocycles. The number of rotatable bonds is 3. The van der Waals surface area contributed by atoms with E-state index in [4.69, 9.17) is 9.47 Å². The molecule has 0 saturated heterocycles. The van der Waals surface area contributed by atoms with Crippen LogP contribution in [-0.4, -0.2) is 11.8 Å². The van der Waals surface area contributed by atoms with Gasteiger partial charge in [-0.15, -0.1) is 0 Å². The number of carbonyl (C=O) groups excluding carboxylic acids is 2. The molecule has 2 aromatic rings. The maximum atomic E-state index is 12.6. The third-order valence-electron chi connectivity index (χ3n) is 4.46. The van der Waals surface area contributed by atoms with E-state index in [2.05, 4.69) is 0 Å². The molecule has 0 fully saturated rings. The highest BCUT2D eigenvalue weighted by Crippen LogP contribution is 2.41. The second-order valence-electron chi connectivity index (χ2n) is 6.06. The Labute approximate surface area is 145 Å². The Hall–Kier alpha value is -3.14. The lowest BCUT2D eigenvalue weighted by molar-refractivity contribution is -0.140. The highest BCUT2D eigenvalue weighted by Gasteiger charge is 2.36. The second kappa shape index (κ2) is 6.06. The van der Waals surface area contributed by atoms with Gasteiger partial charge in [-0.2, -0.15) is 0 Å². The van der Waals surface area contributed by atoms with Gasteiger partial charge in [-0.25, -0.2) is 4.79 Å². The van der Waals surface area contributed by atoms with Crippen LogP contribution in [0.4, 0.5) is 0 Å². The number of Topliss-reactive ketones (excluding diaryl/α,β-unsaturated/α-hetero) is 1. The lowest BCUT2D eigenvalue weighted by Gasteiger charge is -2.19. The quantitative estimate of drug-likeness (QED) is 0.796. The van der Waals surface area contributed by atoms with Gasteiger partial charge in [0.2, 0.25) is 0 Å². The third kappa shape index (κ3) is 2.66. The molecule has 0 saturated carbocycles. The maximum absolute atomic E-state index is 12.6. The van der Waals surface area contributed by atoms with Crippen LogP contribution in [0.25, 0.3) is 5.76 Å². The average molecular weight is 332 g/mol. The summed E-state index contributed by atoms with van der Waals surface area (Å²) >= 11 is 0. The van der Waals surface area contributed by atoms with Crippen molar-refractivity contribution in [2.45, 2.75) is 20.0 Å². The fourth-order valence-corrected chi connectivity index (χ4v) is 3.13. The summed E-state index contributed by atoms with van der Waals surface area (Å²) in [6.07, 6.45) is 0.238. The van der Waals surface area contributed by atoms with Gasteiger partial charge < -0.3 is 9.47 Å². The first kappa shape index (κ1) is 15.4. The molecule has 0 radical (unpaired) electrons. The number of carbonyl (C=O) groups is 2. The Morgan fingerprint density at radius 1 is 1.04 bits per heavy atom. The number of ketones is 1. The molecule has 0 bridgehead atoms. The molecule has 0 spiro atoms. The van der Waals surface area contributed by atoms with E-state index in [1.165, 1.54) is 0 Å². The fourth-order valence-electron chi connectivity index (χ4n) is 3.13. The minimum Gasteiger partial charge on any atom is -0.460 e. The average Bonchev–Trinajstić information content (AvgIpc) is 2.92. The Morgan fingerprint density at radius 3 is 2.48 bits per heavy atom. The zero-order valence-electron chi connectivity index (χ0n) is 13.7. The fraction of sp³-hybridized carbons (Fsp3) is 0.143. The zero-order valence-corrected chi connectivity index (χ0v) is 13.7. The van der Waals surface area contributed by atoms with Crippen molar-refractivity contribution >= 4 is 17.5 Å². The smallest absolute Gasteiger partial charge is 0.338 e. The normalized spacial score (nSPS) is 15.6. The van der Waals surface area contributed by atoms with Crippen molar-refractivity contribution in [1.82, 2.24) is 0 Å². The summed E-state index contributed by atoms with van der Waals surface area (Å²) < 4.78 is 11.2. The Balaban J connectivity index is 1.53. The number of hydrogen-bond donors (Lipinski definition) is 0. The molecule has 25 heavy (non-hydrogen) atoms. The monoisotopic (exact) mass is 332 g/mol. The van der Waals surface area contributed by atoms with Crippen LogP contribution >= 0.6 is 0 Å². The molecule has 0 aromatic heterocycles. The van der Waals surface area contributed by atoms with Crippen LogP contribution in [0.1, 0.15) is 34.8 Å². The SMILES string of the molecule is CC1=C(C(=O)OCc2ccccc2)CC2=C(O1)c1ccccc1C2=O. The predicted octanol–water partition coefficient (Wildman–Crippen LogP) is 4.03. The van der Waals surface area contributed by atoms with Crippen LogP contribution in [0.15, 0.2) is 71.5 Å². The lowest BCUT2D eigenvalue weighted by Crippen LogP contribution is -2.16. The van der Waals surface area contributed by atoms with Gasteiger partial charge in [-0.3, -0.25) is 4.79 Å². The van der Waals surface area contributed by atoms with Crippen LogP contribution in [0.5, 0.6) is 0 Å². The second-order valence-corrected chi connectivity index (χ2v) is 6.06. The van der Waals surface area contributed by atoms with Crippen LogP contribution in [-0.2, 0) is 20.9 Å². The summed E-state index contributed by atoms with van der Waals surface area (Å²) in [7, 11) is 0. The number of benzene rings is 2. The van der Waals surface area contributed by atoms with Gasteiger partial charge in [0.05, 0.1) is 5.57 Å². The first-order valence-electron chi connectivity index (χ1n) is 8.11. The number of allylic oxidation sites excluding steroid dienone is 2. The van der Waals surface area contributed by atoms with Crippen molar-refractivity contribution in [3.8, 4) is 0 Å². The van der Waals surface area contributed by atoms with Crippen LogP contribution < -0.4 is 0 Å². The van der Waals surface area contributed by atoms with Crippen molar-refractivity contribution in [2.24, 2.45) is 0 Å². The van der Waals surface area contributed by atoms with Gasteiger partial charge in [0.15, 0.2) is 5.78 Å². The Kier molecular flexibility index (Phi) is 3.73. The number of hydrogen-bond acceptors (Lipinski definition) is 4. The lowest BCUT2D eigenvalue weighted by atomic mass is 9.99. The third-order valence-corrected chi connectivity index (χ3v) is 4.46. The Bertz CT molecular complexity index is 935. The summed E-state index contributed by atoms with van der Waals surface area (Å²) in [5.74, 6) is 0.530. The van der Waals surface area contributed by atoms with Crippen molar-refractivity contribution in [3.05, 3.63) is 88.2 Å². The minimum absolute atomic E-state index is 0.0774. The van der Waals surface area contributed by atoms with Gasteiger partial charge in [0, 0.05) is 23.1 Å². The van der Waals surface area contributed by atoms with Crippen LogP contribution in [0, 0.1) is 0 Å².